The van der Waals surface area contributed by atoms with E-state index in [1.165, 1.54) is 12.1 Å². The van der Waals surface area contributed by atoms with Gasteiger partial charge in [-0.15, -0.1) is 0 Å². The minimum absolute atomic E-state index is 0.0323. The molecule has 0 amide bonds. The Balaban J connectivity index is 1.61. The van der Waals surface area contributed by atoms with Crippen LogP contribution in [0.1, 0.15) is 23.6 Å². The van der Waals surface area contributed by atoms with Gasteiger partial charge in [-0.1, -0.05) is 35.9 Å². The lowest BCUT2D eigenvalue weighted by molar-refractivity contribution is -0.384. The number of nitro groups is 1. The lowest BCUT2D eigenvalue weighted by Gasteiger charge is -2.14. The van der Waals surface area contributed by atoms with Crippen molar-refractivity contribution in [1.82, 2.24) is 0 Å². The fourth-order valence-corrected chi connectivity index (χ4v) is 4.03. The summed E-state index contributed by atoms with van der Waals surface area (Å²) in [5, 5.41) is 11.3. The predicted octanol–water partition coefficient (Wildman–Crippen LogP) is 6.33. The molecule has 1 heterocycles. The number of halogens is 2. The Hall–Kier alpha value is -3.69. The van der Waals surface area contributed by atoms with Crippen LogP contribution in [0.25, 0.3) is 6.08 Å². The van der Waals surface area contributed by atoms with Gasteiger partial charge in [0.05, 0.1) is 22.1 Å². The van der Waals surface area contributed by atoms with E-state index in [1.807, 2.05) is 25.1 Å². The molecule has 35 heavy (non-hydrogen) atoms. The molecule has 178 valence electrons. The third kappa shape index (κ3) is 5.70. The van der Waals surface area contributed by atoms with Gasteiger partial charge in [-0.2, -0.15) is 0 Å². The van der Waals surface area contributed by atoms with Gasteiger partial charge in [-0.3, -0.25) is 10.1 Å². The number of non-ortho nitro benzene ring substituents is 1. The van der Waals surface area contributed by atoms with Crippen LogP contribution < -0.4 is 9.47 Å². The smallest absolute Gasteiger partial charge is 0.363 e. The summed E-state index contributed by atoms with van der Waals surface area (Å²) in [4.78, 5) is 27.3. The van der Waals surface area contributed by atoms with Gasteiger partial charge in [0, 0.05) is 16.6 Å². The zero-order chi connectivity index (χ0) is 24.9. The number of carbonyl (C=O) groups excluding carboxylic acids is 1. The summed E-state index contributed by atoms with van der Waals surface area (Å²) in [5.41, 5.74) is 1.90. The van der Waals surface area contributed by atoms with E-state index in [4.69, 9.17) is 25.8 Å². The molecule has 0 atom stereocenters. The first-order chi connectivity index (χ1) is 16.9. The largest absolute Gasteiger partial charge is 0.490 e. The summed E-state index contributed by atoms with van der Waals surface area (Å²) in [5.74, 6) is 0.254. The quantitative estimate of drug-likeness (QED) is 0.139. The summed E-state index contributed by atoms with van der Waals surface area (Å²) in [6, 6.07) is 16.7. The number of nitrogens with zero attached hydrogens (tertiary/aromatic N) is 2. The van der Waals surface area contributed by atoms with Crippen LogP contribution in [0.4, 0.5) is 5.69 Å². The molecule has 0 unspecified atom stereocenters. The van der Waals surface area contributed by atoms with Gasteiger partial charge in [-0.05, 0) is 64.3 Å². The highest BCUT2D eigenvalue weighted by Crippen LogP contribution is 2.38. The molecule has 0 N–H and O–H groups in total. The van der Waals surface area contributed by atoms with Crippen molar-refractivity contribution in [2.24, 2.45) is 4.99 Å². The molecule has 8 nitrogen and oxygen atoms in total. The van der Waals surface area contributed by atoms with E-state index < -0.39 is 10.9 Å². The van der Waals surface area contributed by atoms with Crippen molar-refractivity contribution in [2.45, 2.75) is 13.5 Å². The maximum absolute atomic E-state index is 12.4. The highest BCUT2D eigenvalue weighted by atomic mass is 79.9. The zero-order valence-corrected chi connectivity index (χ0v) is 20.7. The third-order valence-electron chi connectivity index (χ3n) is 4.86. The highest BCUT2D eigenvalue weighted by Gasteiger charge is 2.25. The first kappa shape index (κ1) is 24.4. The van der Waals surface area contributed by atoms with E-state index in [2.05, 4.69) is 20.9 Å². The van der Waals surface area contributed by atoms with Crippen LogP contribution in [0, 0.1) is 10.1 Å². The Bertz CT molecular complexity index is 1370. The number of hydrogen-bond donors (Lipinski definition) is 0. The Morgan fingerprint density at radius 3 is 2.69 bits per heavy atom. The maximum Gasteiger partial charge on any atom is 0.363 e. The molecule has 1 aliphatic rings. The number of esters is 1. The molecule has 0 fully saturated rings. The molecule has 0 radical (unpaired) electrons. The maximum atomic E-state index is 12.4. The number of cyclic esters (lactones) is 1. The molecule has 4 rings (SSSR count). The van der Waals surface area contributed by atoms with E-state index in [0.717, 1.165) is 4.47 Å². The van der Waals surface area contributed by atoms with E-state index >= 15 is 0 Å². The Kier molecular flexibility index (Phi) is 7.48. The average molecular weight is 558 g/mol. The Labute approximate surface area is 214 Å². The van der Waals surface area contributed by atoms with Crippen molar-refractivity contribution < 1.29 is 23.9 Å². The van der Waals surface area contributed by atoms with Crippen molar-refractivity contribution >= 4 is 51.2 Å². The zero-order valence-electron chi connectivity index (χ0n) is 18.4. The molecule has 0 aromatic heterocycles. The van der Waals surface area contributed by atoms with Gasteiger partial charge in [0.25, 0.3) is 5.69 Å². The molecule has 10 heteroatoms. The molecule has 0 saturated heterocycles. The van der Waals surface area contributed by atoms with Crippen molar-refractivity contribution in [3.8, 4) is 11.5 Å². The van der Waals surface area contributed by atoms with Crippen LogP contribution in [0.5, 0.6) is 11.5 Å². The third-order valence-corrected chi connectivity index (χ3v) is 5.84. The average Bonchev–Trinajstić information content (AvgIpc) is 3.19. The standard InChI is InChI=1S/C25H18BrClN2O6/c1-2-33-22-13-16(12-21-25(30)35-24(28-21)18-8-3-4-9-19(18)26)11-20(27)23(22)34-14-15-6-5-7-17(10-15)29(31)32/h3-13H,2,14H2,1H3/b21-12-. The van der Waals surface area contributed by atoms with Crippen molar-refractivity contribution in [1.29, 1.82) is 0 Å². The van der Waals surface area contributed by atoms with Crippen molar-refractivity contribution in [3.05, 3.63) is 103 Å². The lowest BCUT2D eigenvalue weighted by Crippen LogP contribution is -2.05. The van der Waals surface area contributed by atoms with Crippen LogP contribution in [0.2, 0.25) is 5.02 Å². The van der Waals surface area contributed by atoms with Gasteiger partial charge >= 0.3 is 5.97 Å². The fourth-order valence-electron chi connectivity index (χ4n) is 3.31. The van der Waals surface area contributed by atoms with Gasteiger partial charge in [0.2, 0.25) is 5.90 Å². The molecule has 0 saturated carbocycles. The summed E-state index contributed by atoms with van der Waals surface area (Å²) in [7, 11) is 0. The van der Waals surface area contributed by atoms with Gasteiger partial charge in [0.1, 0.15) is 6.61 Å². The Morgan fingerprint density at radius 1 is 1.14 bits per heavy atom. The second-order valence-electron chi connectivity index (χ2n) is 7.29. The normalized spacial score (nSPS) is 14.0. The predicted molar refractivity (Wildman–Crippen MR) is 135 cm³/mol. The minimum atomic E-state index is -0.587. The van der Waals surface area contributed by atoms with E-state index in [-0.39, 0.29) is 34.7 Å². The van der Waals surface area contributed by atoms with Gasteiger partial charge in [-0.25, -0.2) is 9.79 Å². The number of ether oxygens (including phenoxy) is 3. The first-order valence-corrected chi connectivity index (χ1v) is 11.6. The number of nitro benzene ring substituents is 1. The summed E-state index contributed by atoms with van der Waals surface area (Å²) in [6.45, 7) is 2.20. The highest BCUT2D eigenvalue weighted by molar-refractivity contribution is 9.10. The monoisotopic (exact) mass is 556 g/mol. The number of benzene rings is 3. The summed E-state index contributed by atoms with van der Waals surface area (Å²) >= 11 is 9.91. The summed E-state index contributed by atoms with van der Waals surface area (Å²) < 4.78 is 17.6. The van der Waals surface area contributed by atoms with Crippen molar-refractivity contribution in [3.63, 3.8) is 0 Å². The molecular weight excluding hydrogens is 540 g/mol. The summed E-state index contributed by atoms with van der Waals surface area (Å²) in [6.07, 6.45) is 1.55. The van der Waals surface area contributed by atoms with E-state index in [1.54, 1.807) is 36.4 Å². The molecule has 0 bridgehead atoms. The van der Waals surface area contributed by atoms with Crippen LogP contribution in [0.15, 0.2) is 75.8 Å². The molecule has 1 aliphatic heterocycles. The van der Waals surface area contributed by atoms with Crippen LogP contribution in [-0.4, -0.2) is 23.4 Å². The topological polar surface area (TPSA) is 100 Å². The molecule has 3 aromatic carbocycles. The van der Waals surface area contributed by atoms with E-state index in [0.29, 0.717) is 29.0 Å². The first-order valence-electron chi connectivity index (χ1n) is 10.5. The molecular formula is C25H18BrClN2O6. The van der Waals surface area contributed by atoms with Gasteiger partial charge in [0.15, 0.2) is 17.2 Å². The SMILES string of the molecule is CCOc1cc(/C=C2\N=C(c3ccccc3Br)OC2=O)cc(Cl)c1OCc1cccc([N+](=O)[O-])c1. The van der Waals surface area contributed by atoms with E-state index in [9.17, 15) is 14.9 Å². The second-order valence-corrected chi connectivity index (χ2v) is 8.56. The van der Waals surface area contributed by atoms with Crippen LogP contribution in [0.3, 0.4) is 0 Å². The van der Waals surface area contributed by atoms with Crippen molar-refractivity contribution in [2.75, 3.05) is 6.61 Å². The number of hydrogen-bond acceptors (Lipinski definition) is 7. The number of aliphatic imine (C=N–C) groups is 1. The van der Waals surface area contributed by atoms with Gasteiger partial charge < -0.3 is 14.2 Å². The second kappa shape index (κ2) is 10.7. The molecule has 0 aliphatic carbocycles. The number of rotatable bonds is 8. The number of carbonyl (C=O) groups is 1. The Morgan fingerprint density at radius 2 is 1.94 bits per heavy atom. The molecule has 0 spiro atoms. The van der Waals surface area contributed by atoms with Crippen LogP contribution >= 0.6 is 27.5 Å². The lowest BCUT2D eigenvalue weighted by atomic mass is 10.1. The minimum Gasteiger partial charge on any atom is -0.490 e. The van der Waals surface area contributed by atoms with Crippen LogP contribution in [-0.2, 0) is 16.1 Å². The molecule has 3 aromatic rings. The fraction of sp³-hybridized carbons (Fsp3) is 0.120.